The average Bonchev–Trinajstić information content (AvgIpc) is 2.63. The first-order valence-corrected chi connectivity index (χ1v) is 7.42. The van der Waals surface area contributed by atoms with Crippen molar-refractivity contribution in [3.63, 3.8) is 0 Å². The van der Waals surface area contributed by atoms with E-state index < -0.39 is 0 Å². The third-order valence-corrected chi connectivity index (χ3v) is 3.56. The van der Waals surface area contributed by atoms with E-state index in [0.29, 0.717) is 12.2 Å². The van der Waals surface area contributed by atoms with Crippen LogP contribution in [-0.2, 0) is 6.54 Å². The number of benzene rings is 2. The van der Waals surface area contributed by atoms with Gasteiger partial charge in [-0.15, -0.1) is 10.2 Å². The molecule has 4 heteroatoms. The van der Waals surface area contributed by atoms with E-state index in [1.54, 1.807) is 18.0 Å². The van der Waals surface area contributed by atoms with Gasteiger partial charge in [-0.2, -0.15) is 0 Å². The van der Waals surface area contributed by atoms with Gasteiger partial charge in [-0.25, -0.2) is 0 Å². The summed E-state index contributed by atoms with van der Waals surface area (Å²) in [4.78, 5) is 14.1. The number of amides is 1. The molecule has 0 radical (unpaired) electrons. The zero-order valence-corrected chi connectivity index (χ0v) is 12.9. The number of carbonyl (C=O) groups is 1. The van der Waals surface area contributed by atoms with Gasteiger partial charge in [0, 0.05) is 19.2 Å². The van der Waals surface area contributed by atoms with Crippen LogP contribution in [0.3, 0.4) is 0 Å². The molecule has 0 aliphatic rings. The summed E-state index contributed by atoms with van der Waals surface area (Å²) in [6.07, 6.45) is 0. The minimum Gasteiger partial charge on any atom is -0.336 e. The summed E-state index contributed by atoms with van der Waals surface area (Å²) in [5, 5.41) is 8.24. The molecule has 1 aromatic heterocycles. The van der Waals surface area contributed by atoms with Gasteiger partial charge in [-0.05, 0) is 17.7 Å². The van der Waals surface area contributed by atoms with Crippen molar-refractivity contribution >= 4 is 5.91 Å². The Labute approximate surface area is 135 Å². The molecular formula is C19H17N3O. The second kappa shape index (κ2) is 6.83. The van der Waals surface area contributed by atoms with Crippen LogP contribution in [0.2, 0.25) is 0 Å². The van der Waals surface area contributed by atoms with Gasteiger partial charge in [-0.3, -0.25) is 4.79 Å². The highest BCUT2D eigenvalue weighted by Crippen LogP contribution is 2.15. The zero-order valence-electron chi connectivity index (χ0n) is 12.9. The zero-order chi connectivity index (χ0) is 16.1. The van der Waals surface area contributed by atoms with E-state index in [0.717, 1.165) is 16.8 Å². The third kappa shape index (κ3) is 3.61. The summed E-state index contributed by atoms with van der Waals surface area (Å²) in [5.41, 5.74) is 3.17. The predicted molar refractivity (Wildman–Crippen MR) is 89.7 cm³/mol. The van der Waals surface area contributed by atoms with Crippen molar-refractivity contribution in [2.45, 2.75) is 6.54 Å². The molecule has 0 bridgehead atoms. The Morgan fingerprint density at radius 2 is 1.52 bits per heavy atom. The molecule has 3 rings (SSSR count). The molecular weight excluding hydrogens is 286 g/mol. The number of carbonyl (C=O) groups excluding carboxylic acids is 1. The number of rotatable bonds is 4. The van der Waals surface area contributed by atoms with Crippen molar-refractivity contribution in [1.29, 1.82) is 0 Å². The molecule has 114 valence electrons. The van der Waals surface area contributed by atoms with E-state index in [2.05, 4.69) is 10.2 Å². The quantitative estimate of drug-likeness (QED) is 0.742. The van der Waals surface area contributed by atoms with E-state index >= 15 is 0 Å². The van der Waals surface area contributed by atoms with E-state index in [-0.39, 0.29) is 5.91 Å². The van der Waals surface area contributed by atoms with Gasteiger partial charge in [0.1, 0.15) is 0 Å². The Balaban J connectivity index is 1.72. The highest BCUT2D eigenvalue weighted by atomic mass is 16.2. The Hall–Kier alpha value is -3.01. The van der Waals surface area contributed by atoms with Crippen LogP contribution in [0.15, 0.2) is 72.8 Å². The highest BCUT2D eigenvalue weighted by Gasteiger charge is 2.14. The molecule has 0 saturated carbocycles. The van der Waals surface area contributed by atoms with Crippen LogP contribution in [0.1, 0.15) is 16.1 Å². The van der Waals surface area contributed by atoms with Gasteiger partial charge < -0.3 is 4.90 Å². The van der Waals surface area contributed by atoms with Crippen molar-refractivity contribution in [3.8, 4) is 11.3 Å². The van der Waals surface area contributed by atoms with Crippen molar-refractivity contribution < 1.29 is 4.79 Å². The summed E-state index contributed by atoms with van der Waals surface area (Å²) >= 11 is 0. The van der Waals surface area contributed by atoms with E-state index in [4.69, 9.17) is 0 Å². The van der Waals surface area contributed by atoms with Crippen LogP contribution >= 0.6 is 0 Å². The van der Waals surface area contributed by atoms with Gasteiger partial charge in [0.15, 0.2) is 5.69 Å². The maximum absolute atomic E-state index is 12.4. The molecule has 3 aromatic rings. The van der Waals surface area contributed by atoms with Gasteiger partial charge in [0.05, 0.1) is 5.69 Å². The van der Waals surface area contributed by atoms with Crippen LogP contribution in [0.25, 0.3) is 11.3 Å². The summed E-state index contributed by atoms with van der Waals surface area (Å²) in [6.45, 7) is 0.543. The highest BCUT2D eigenvalue weighted by molar-refractivity contribution is 5.92. The van der Waals surface area contributed by atoms with Crippen molar-refractivity contribution in [3.05, 3.63) is 84.1 Å². The van der Waals surface area contributed by atoms with Gasteiger partial charge in [0.2, 0.25) is 0 Å². The number of hydrogen-bond acceptors (Lipinski definition) is 3. The first-order valence-electron chi connectivity index (χ1n) is 7.42. The SMILES string of the molecule is CN(Cc1ccccc1)C(=O)c1ccc(-c2ccccc2)nn1. The van der Waals surface area contributed by atoms with E-state index in [9.17, 15) is 4.79 Å². The van der Waals surface area contributed by atoms with Crippen LogP contribution in [0.5, 0.6) is 0 Å². The van der Waals surface area contributed by atoms with Crippen molar-refractivity contribution in [1.82, 2.24) is 15.1 Å². The number of hydrogen-bond donors (Lipinski definition) is 0. The van der Waals surface area contributed by atoms with E-state index in [1.807, 2.05) is 66.7 Å². The fourth-order valence-corrected chi connectivity index (χ4v) is 2.33. The number of nitrogens with zero attached hydrogens (tertiary/aromatic N) is 3. The number of aromatic nitrogens is 2. The molecule has 2 aromatic carbocycles. The standard InChI is InChI=1S/C19H17N3O/c1-22(14-15-8-4-2-5-9-15)19(23)18-13-12-17(20-21-18)16-10-6-3-7-11-16/h2-13H,14H2,1H3. The lowest BCUT2D eigenvalue weighted by atomic mass is 10.1. The molecule has 0 aliphatic heterocycles. The molecule has 0 spiro atoms. The fraction of sp³-hybridized carbons (Fsp3) is 0.105. The Kier molecular flexibility index (Phi) is 4.43. The van der Waals surface area contributed by atoms with E-state index in [1.165, 1.54) is 0 Å². The molecule has 0 aliphatic carbocycles. The topological polar surface area (TPSA) is 46.1 Å². The Bertz CT molecular complexity index is 771. The molecule has 0 N–H and O–H groups in total. The van der Waals surface area contributed by atoms with Crippen molar-refractivity contribution in [2.75, 3.05) is 7.05 Å². The monoisotopic (exact) mass is 303 g/mol. The smallest absolute Gasteiger partial charge is 0.274 e. The summed E-state index contributed by atoms with van der Waals surface area (Å²) < 4.78 is 0. The predicted octanol–water partition coefficient (Wildman–Crippen LogP) is 3.42. The molecule has 0 saturated heterocycles. The first-order chi connectivity index (χ1) is 11.2. The maximum Gasteiger partial charge on any atom is 0.274 e. The fourth-order valence-electron chi connectivity index (χ4n) is 2.33. The van der Waals surface area contributed by atoms with Crippen LogP contribution in [0.4, 0.5) is 0 Å². The molecule has 1 heterocycles. The molecule has 4 nitrogen and oxygen atoms in total. The molecule has 1 amide bonds. The van der Waals surface area contributed by atoms with Crippen LogP contribution < -0.4 is 0 Å². The lowest BCUT2D eigenvalue weighted by Gasteiger charge is -2.16. The summed E-state index contributed by atoms with van der Waals surface area (Å²) in [5.74, 6) is -0.138. The van der Waals surface area contributed by atoms with Crippen molar-refractivity contribution in [2.24, 2.45) is 0 Å². The normalized spacial score (nSPS) is 10.3. The Morgan fingerprint density at radius 1 is 0.870 bits per heavy atom. The van der Waals surface area contributed by atoms with Gasteiger partial charge in [0.25, 0.3) is 5.91 Å². The molecule has 0 unspecified atom stereocenters. The largest absolute Gasteiger partial charge is 0.336 e. The van der Waals surface area contributed by atoms with Crippen LogP contribution in [0, 0.1) is 0 Å². The molecule has 0 atom stereocenters. The van der Waals surface area contributed by atoms with Gasteiger partial charge >= 0.3 is 0 Å². The minimum atomic E-state index is -0.138. The average molecular weight is 303 g/mol. The molecule has 23 heavy (non-hydrogen) atoms. The van der Waals surface area contributed by atoms with Gasteiger partial charge in [-0.1, -0.05) is 60.7 Å². The summed E-state index contributed by atoms with van der Waals surface area (Å²) in [7, 11) is 1.77. The lowest BCUT2D eigenvalue weighted by molar-refractivity contribution is 0.0778. The second-order valence-electron chi connectivity index (χ2n) is 5.32. The Morgan fingerprint density at radius 3 is 2.13 bits per heavy atom. The first kappa shape index (κ1) is 14.9. The summed E-state index contributed by atoms with van der Waals surface area (Å²) in [6, 6.07) is 23.2. The second-order valence-corrected chi connectivity index (χ2v) is 5.32. The minimum absolute atomic E-state index is 0.138. The maximum atomic E-state index is 12.4. The molecule has 0 fully saturated rings. The third-order valence-electron chi connectivity index (χ3n) is 3.56. The van der Waals surface area contributed by atoms with Crippen LogP contribution in [-0.4, -0.2) is 28.1 Å². The lowest BCUT2D eigenvalue weighted by Crippen LogP contribution is -2.27.